The van der Waals surface area contributed by atoms with Gasteiger partial charge in [0, 0.05) is 5.75 Å². The molecule has 12 heavy (non-hydrogen) atoms. The van der Waals surface area contributed by atoms with Crippen LogP contribution in [0.4, 0.5) is 0 Å². The molecule has 0 aromatic heterocycles. The molecule has 0 amide bonds. The summed E-state index contributed by atoms with van der Waals surface area (Å²) in [6.45, 7) is 1.57. The van der Waals surface area contributed by atoms with E-state index in [0.717, 1.165) is 0 Å². The monoisotopic (exact) mass is 211 g/mol. The van der Waals surface area contributed by atoms with Crippen molar-refractivity contribution >= 4 is 18.6 Å². The molecule has 0 aromatic carbocycles. The van der Waals surface area contributed by atoms with Crippen LogP contribution in [0.3, 0.4) is 0 Å². The Morgan fingerprint density at radius 2 is 1.83 bits per heavy atom. The van der Waals surface area contributed by atoms with Gasteiger partial charge in [-0.1, -0.05) is 6.92 Å². The van der Waals surface area contributed by atoms with Crippen LogP contribution in [-0.4, -0.2) is 24.4 Å². The first-order valence-electron chi connectivity index (χ1n) is 2.75. The Labute approximate surface area is 122 Å². The quantitative estimate of drug-likeness (QED) is 0.350. The summed E-state index contributed by atoms with van der Waals surface area (Å²) in [5.41, 5.74) is 4.88. The fraction of sp³-hybridized carbons (Fsp3) is 0.800. The molecule has 0 fully saturated rings. The van der Waals surface area contributed by atoms with E-state index >= 15 is 0 Å². The van der Waals surface area contributed by atoms with Crippen LogP contribution in [0.1, 0.15) is 6.92 Å². The Bertz CT molecular complexity index is 96.8. The Morgan fingerprint density at radius 3 is 1.83 bits per heavy atom. The second-order valence-electron chi connectivity index (χ2n) is 1.40. The van der Waals surface area contributed by atoms with Gasteiger partial charge in [-0.05, 0) is 0 Å². The summed E-state index contributed by atoms with van der Waals surface area (Å²) in [6, 6.07) is -0.927. The van der Waals surface area contributed by atoms with E-state index in [9.17, 15) is 9.90 Å². The summed E-state index contributed by atoms with van der Waals surface area (Å²) in [4.78, 5) is 9.65. The van der Waals surface area contributed by atoms with Gasteiger partial charge in [0.2, 0.25) is 0 Å². The minimum atomic E-state index is -1.25. The van der Waals surface area contributed by atoms with Gasteiger partial charge in [0.1, 0.15) is 0 Å². The second-order valence-corrected chi connectivity index (χ2v) is 1.76. The molecule has 4 nitrogen and oxygen atoms in total. The molecule has 0 saturated carbocycles. The van der Waals surface area contributed by atoms with Crippen LogP contribution in [-0.2, 0) is 4.79 Å². The van der Waals surface area contributed by atoms with Gasteiger partial charge in [0.15, 0.2) is 0 Å². The molecular formula is C5H11NNa2O3S. The minimum Gasteiger partial charge on any atom is -0.855 e. The fourth-order valence-electron chi connectivity index (χ4n) is 0.0745. The van der Waals surface area contributed by atoms with Gasteiger partial charge >= 0.3 is 59.1 Å². The molecule has 0 aliphatic carbocycles. The van der Waals surface area contributed by atoms with Crippen molar-refractivity contribution in [1.82, 2.24) is 0 Å². The third-order valence-corrected chi connectivity index (χ3v) is 0.893. The molecule has 0 rings (SSSR count). The number of rotatable bonds is 2. The number of nitrogens with two attached hydrogens (primary N) is 1. The predicted octanol–water partition coefficient (Wildman–Crippen LogP) is -8.63. The number of carboxylic acids is 1. The number of carbonyl (C=O) groups excluding carboxylic acids is 1. The van der Waals surface area contributed by atoms with Crippen LogP contribution in [0.15, 0.2) is 0 Å². The number of carbonyl (C=O) groups is 1. The van der Waals surface area contributed by atoms with Crippen molar-refractivity contribution in [1.29, 1.82) is 0 Å². The van der Waals surface area contributed by atoms with E-state index in [-0.39, 0.29) is 71.5 Å². The Hall–Kier alpha value is 1.74. The molecule has 0 bridgehead atoms. The van der Waals surface area contributed by atoms with Crippen molar-refractivity contribution < 1.29 is 74.1 Å². The second kappa shape index (κ2) is 18.5. The predicted molar refractivity (Wildman–Crippen MR) is 37.4 cm³/mol. The topological polar surface area (TPSA) is 89.2 Å². The molecule has 0 aliphatic rings. The van der Waals surface area contributed by atoms with Crippen LogP contribution in [0.2, 0.25) is 0 Å². The number of hydrogen-bond acceptors (Lipinski definition) is 5. The van der Waals surface area contributed by atoms with Crippen LogP contribution in [0.5, 0.6) is 0 Å². The zero-order valence-corrected chi connectivity index (χ0v) is 12.6. The summed E-state index contributed by atoms with van der Waals surface area (Å²) in [7, 11) is 0. The molecule has 0 heterocycles. The van der Waals surface area contributed by atoms with E-state index in [4.69, 9.17) is 10.8 Å². The third kappa shape index (κ3) is 22.6. The molecule has 2 N–H and O–H groups in total. The van der Waals surface area contributed by atoms with Gasteiger partial charge in [-0.15, -0.1) is 6.61 Å². The van der Waals surface area contributed by atoms with E-state index in [0.29, 0.717) is 0 Å². The van der Waals surface area contributed by atoms with E-state index in [1.165, 1.54) is 0 Å². The molecule has 0 saturated heterocycles. The van der Waals surface area contributed by atoms with Gasteiger partial charge < -0.3 is 20.7 Å². The van der Waals surface area contributed by atoms with Gasteiger partial charge in [-0.25, -0.2) is 0 Å². The smallest absolute Gasteiger partial charge is 0.855 e. The summed E-state index contributed by atoms with van der Waals surface area (Å²) in [6.07, 6.45) is 0. The molecule has 0 radical (unpaired) electrons. The third-order valence-electron chi connectivity index (χ3n) is 0.499. The first-order valence-corrected chi connectivity index (χ1v) is 3.38. The molecule has 0 unspecified atom stereocenters. The Balaban J connectivity index is -0.0000000569. The molecule has 62 valence electrons. The molecule has 7 heteroatoms. The van der Waals surface area contributed by atoms with Crippen molar-refractivity contribution in [3.8, 4) is 0 Å². The van der Waals surface area contributed by atoms with Crippen LogP contribution >= 0.6 is 12.6 Å². The van der Waals surface area contributed by atoms with Gasteiger partial charge in [0.25, 0.3) is 0 Å². The van der Waals surface area contributed by atoms with E-state index in [1.54, 1.807) is 6.92 Å². The average molecular weight is 211 g/mol. The Kier molecular flexibility index (Phi) is 36.3. The Morgan fingerprint density at radius 1 is 1.58 bits per heavy atom. The van der Waals surface area contributed by atoms with Crippen molar-refractivity contribution in [2.75, 3.05) is 12.4 Å². The van der Waals surface area contributed by atoms with Crippen molar-refractivity contribution in [2.24, 2.45) is 5.73 Å². The minimum absolute atomic E-state index is 0. The maximum Gasteiger partial charge on any atom is 1.00 e. The summed E-state index contributed by atoms with van der Waals surface area (Å²) in [5.74, 6) is -1.13. The summed E-state index contributed by atoms with van der Waals surface area (Å²) < 4.78 is 0. The summed E-state index contributed by atoms with van der Waals surface area (Å²) >= 11 is 3.61. The van der Waals surface area contributed by atoms with Gasteiger partial charge in [-0.2, -0.15) is 12.6 Å². The average Bonchev–Trinajstić information content (AvgIpc) is 1.88. The first kappa shape index (κ1) is 23.5. The molecule has 1 atom stereocenters. The van der Waals surface area contributed by atoms with E-state index in [1.807, 2.05) is 0 Å². The summed E-state index contributed by atoms with van der Waals surface area (Å²) in [5, 5.41) is 18.6. The van der Waals surface area contributed by atoms with Crippen LogP contribution < -0.4 is 75.1 Å². The standard InChI is InChI=1S/C3H7NO2S.C2H5O.2Na/c4-2(1-7)3(5)6;1-2-3;;/h2,7H,1,4H2,(H,5,6);2H2,1H3;;/q;-1;2*+1/p-1/t2-;;;/m0.../s1. The zero-order chi connectivity index (χ0) is 8.57. The first-order chi connectivity index (χ1) is 4.59. The maximum absolute atomic E-state index is 9.65. The van der Waals surface area contributed by atoms with Crippen molar-refractivity contribution in [3.63, 3.8) is 0 Å². The van der Waals surface area contributed by atoms with E-state index < -0.39 is 12.0 Å². The SMILES string of the molecule is CC[O-].N[C@@H](CS)C(=O)[O-].[Na+].[Na+]. The molecule has 0 spiro atoms. The van der Waals surface area contributed by atoms with Crippen LogP contribution in [0, 0.1) is 0 Å². The van der Waals surface area contributed by atoms with Crippen molar-refractivity contribution in [3.05, 3.63) is 0 Å². The zero-order valence-electron chi connectivity index (χ0n) is 7.74. The number of hydrogen-bond donors (Lipinski definition) is 2. The van der Waals surface area contributed by atoms with Crippen LogP contribution in [0.25, 0.3) is 0 Å². The fourth-order valence-corrected chi connectivity index (χ4v) is 0.224. The maximum atomic E-state index is 9.65. The largest absolute Gasteiger partial charge is 1.00 e. The van der Waals surface area contributed by atoms with Gasteiger partial charge in [0.05, 0.1) is 12.0 Å². The number of aliphatic carboxylic acids is 1. The van der Waals surface area contributed by atoms with E-state index in [2.05, 4.69) is 12.6 Å². The molecular weight excluding hydrogens is 200 g/mol. The molecule has 0 aliphatic heterocycles. The number of carboxylic acid groups (broad SMARTS) is 1. The normalized spacial score (nSPS) is 9.33. The van der Waals surface area contributed by atoms with Gasteiger partial charge in [-0.3, -0.25) is 0 Å². The molecule has 0 aromatic rings. The van der Waals surface area contributed by atoms with Crippen molar-refractivity contribution in [2.45, 2.75) is 13.0 Å². The number of thiol groups is 1.